The molecule has 0 aromatic heterocycles. The SMILES string of the molecule is COc1ccc(Cl)cc1C(NN)c1cc(I)ccc1Br. The van der Waals surface area contributed by atoms with E-state index in [2.05, 4.69) is 50.0 Å². The van der Waals surface area contributed by atoms with Gasteiger partial charge in [-0.2, -0.15) is 0 Å². The molecule has 2 aromatic rings. The maximum Gasteiger partial charge on any atom is 0.124 e. The molecule has 2 rings (SSSR count). The van der Waals surface area contributed by atoms with Crippen LogP contribution in [-0.4, -0.2) is 7.11 Å². The summed E-state index contributed by atoms with van der Waals surface area (Å²) in [5, 5.41) is 0.641. The second kappa shape index (κ2) is 7.09. The highest BCUT2D eigenvalue weighted by molar-refractivity contribution is 14.1. The van der Waals surface area contributed by atoms with Crippen molar-refractivity contribution in [3.8, 4) is 5.75 Å². The Hall–Kier alpha value is -0.340. The van der Waals surface area contributed by atoms with Crippen molar-refractivity contribution in [1.82, 2.24) is 5.43 Å². The van der Waals surface area contributed by atoms with E-state index in [0.29, 0.717) is 5.02 Å². The van der Waals surface area contributed by atoms with Crippen molar-refractivity contribution in [1.29, 1.82) is 0 Å². The van der Waals surface area contributed by atoms with Gasteiger partial charge in [0.25, 0.3) is 0 Å². The molecular formula is C14H13BrClIN2O. The Labute approximate surface area is 145 Å². The predicted octanol–water partition coefficient (Wildman–Crippen LogP) is 4.27. The minimum atomic E-state index is -0.215. The highest BCUT2D eigenvalue weighted by atomic mass is 127. The molecule has 106 valence electrons. The molecule has 0 bridgehead atoms. The largest absolute Gasteiger partial charge is 0.496 e. The van der Waals surface area contributed by atoms with E-state index in [1.807, 2.05) is 24.3 Å². The second-order valence-electron chi connectivity index (χ2n) is 4.15. The Morgan fingerprint density at radius 2 is 2.00 bits per heavy atom. The molecular weight excluding hydrogens is 454 g/mol. The van der Waals surface area contributed by atoms with Crippen LogP contribution in [0.25, 0.3) is 0 Å². The van der Waals surface area contributed by atoms with Crippen molar-refractivity contribution in [2.45, 2.75) is 6.04 Å². The Balaban J connectivity index is 2.57. The molecule has 0 aliphatic carbocycles. The first-order chi connectivity index (χ1) is 9.56. The van der Waals surface area contributed by atoms with Gasteiger partial charge in [-0.05, 0) is 64.6 Å². The third kappa shape index (κ3) is 3.46. The van der Waals surface area contributed by atoms with Crippen LogP contribution in [0, 0.1) is 3.57 Å². The van der Waals surface area contributed by atoms with Gasteiger partial charge in [-0.25, -0.2) is 5.43 Å². The number of methoxy groups -OCH3 is 1. The summed E-state index contributed by atoms with van der Waals surface area (Å²) in [6, 6.07) is 11.4. The number of rotatable bonds is 4. The maximum absolute atomic E-state index is 6.10. The van der Waals surface area contributed by atoms with Gasteiger partial charge in [-0.15, -0.1) is 0 Å². The van der Waals surface area contributed by atoms with E-state index in [9.17, 15) is 0 Å². The average molecular weight is 468 g/mol. The molecule has 0 aliphatic heterocycles. The maximum atomic E-state index is 6.10. The van der Waals surface area contributed by atoms with Crippen LogP contribution in [0.4, 0.5) is 0 Å². The fraction of sp³-hybridized carbons (Fsp3) is 0.143. The Kier molecular flexibility index (Phi) is 5.68. The molecule has 1 unspecified atom stereocenters. The van der Waals surface area contributed by atoms with Crippen LogP contribution < -0.4 is 16.0 Å². The first kappa shape index (κ1) is 16.0. The molecule has 3 nitrogen and oxygen atoms in total. The van der Waals surface area contributed by atoms with E-state index in [4.69, 9.17) is 22.2 Å². The molecule has 0 aliphatic rings. The molecule has 2 aromatic carbocycles. The first-order valence-corrected chi connectivity index (χ1v) is 8.06. The van der Waals surface area contributed by atoms with Crippen molar-refractivity contribution in [2.24, 2.45) is 5.84 Å². The molecule has 0 fully saturated rings. The molecule has 0 heterocycles. The number of nitrogens with one attached hydrogen (secondary N) is 1. The molecule has 0 spiro atoms. The number of benzene rings is 2. The lowest BCUT2D eigenvalue weighted by molar-refractivity contribution is 0.404. The van der Waals surface area contributed by atoms with Crippen LogP contribution in [0.5, 0.6) is 5.75 Å². The standard InChI is InChI=1S/C14H13BrClIN2O/c1-20-13-5-2-8(16)6-11(13)14(19-18)10-7-9(17)3-4-12(10)15/h2-7,14,19H,18H2,1H3. The smallest absolute Gasteiger partial charge is 0.124 e. The minimum Gasteiger partial charge on any atom is -0.496 e. The number of ether oxygens (including phenoxy) is 1. The number of halogens is 3. The lowest BCUT2D eigenvalue weighted by atomic mass is 9.98. The van der Waals surface area contributed by atoms with E-state index in [1.165, 1.54) is 0 Å². The van der Waals surface area contributed by atoms with Crippen LogP contribution >= 0.6 is 50.1 Å². The summed E-state index contributed by atoms with van der Waals surface area (Å²) < 4.78 is 7.51. The van der Waals surface area contributed by atoms with Crippen molar-refractivity contribution in [3.05, 3.63) is 60.6 Å². The van der Waals surface area contributed by atoms with Gasteiger partial charge in [0.2, 0.25) is 0 Å². The van der Waals surface area contributed by atoms with E-state index in [0.717, 1.165) is 24.9 Å². The summed E-state index contributed by atoms with van der Waals surface area (Å²) >= 11 is 11.9. The average Bonchev–Trinajstić information content (AvgIpc) is 2.44. The number of hydrazine groups is 1. The summed E-state index contributed by atoms with van der Waals surface area (Å²) in [5.74, 6) is 6.50. The normalized spacial score (nSPS) is 12.2. The topological polar surface area (TPSA) is 47.3 Å². The van der Waals surface area contributed by atoms with Crippen LogP contribution in [0.3, 0.4) is 0 Å². The van der Waals surface area contributed by atoms with Gasteiger partial charge in [-0.1, -0.05) is 27.5 Å². The van der Waals surface area contributed by atoms with Gasteiger partial charge in [0.15, 0.2) is 0 Å². The first-order valence-electron chi connectivity index (χ1n) is 5.81. The van der Waals surface area contributed by atoms with E-state index < -0.39 is 0 Å². The molecule has 0 amide bonds. The molecule has 20 heavy (non-hydrogen) atoms. The summed E-state index contributed by atoms with van der Waals surface area (Å²) in [7, 11) is 1.63. The Bertz CT molecular complexity index is 624. The highest BCUT2D eigenvalue weighted by Crippen LogP contribution is 2.35. The minimum absolute atomic E-state index is 0.215. The van der Waals surface area contributed by atoms with Crippen molar-refractivity contribution < 1.29 is 4.74 Å². The summed E-state index contributed by atoms with van der Waals surface area (Å²) in [5.41, 5.74) is 4.75. The predicted molar refractivity (Wildman–Crippen MR) is 94.0 cm³/mol. The van der Waals surface area contributed by atoms with Crippen molar-refractivity contribution in [2.75, 3.05) is 7.11 Å². The summed E-state index contributed by atoms with van der Waals surface area (Å²) in [6.45, 7) is 0. The van der Waals surface area contributed by atoms with E-state index in [-0.39, 0.29) is 6.04 Å². The zero-order valence-corrected chi connectivity index (χ0v) is 15.2. The molecule has 0 radical (unpaired) electrons. The number of nitrogens with two attached hydrogens (primary N) is 1. The van der Waals surface area contributed by atoms with E-state index in [1.54, 1.807) is 13.2 Å². The van der Waals surface area contributed by atoms with Gasteiger partial charge in [0.05, 0.1) is 13.2 Å². The highest BCUT2D eigenvalue weighted by Gasteiger charge is 2.20. The van der Waals surface area contributed by atoms with Crippen molar-refractivity contribution in [3.63, 3.8) is 0 Å². The molecule has 3 N–H and O–H groups in total. The van der Waals surface area contributed by atoms with Crippen molar-refractivity contribution >= 4 is 50.1 Å². The molecule has 0 saturated carbocycles. The van der Waals surface area contributed by atoms with Gasteiger partial charge in [0.1, 0.15) is 5.75 Å². The third-order valence-corrected chi connectivity index (χ3v) is 4.57. The van der Waals surface area contributed by atoms with Gasteiger partial charge in [-0.3, -0.25) is 5.84 Å². The van der Waals surface area contributed by atoms with Gasteiger partial charge < -0.3 is 4.74 Å². The molecule has 6 heteroatoms. The van der Waals surface area contributed by atoms with Crippen LogP contribution in [-0.2, 0) is 0 Å². The second-order valence-corrected chi connectivity index (χ2v) is 6.69. The zero-order chi connectivity index (χ0) is 14.7. The van der Waals surface area contributed by atoms with Gasteiger partial charge >= 0.3 is 0 Å². The quantitative estimate of drug-likeness (QED) is 0.401. The number of hydrogen-bond acceptors (Lipinski definition) is 3. The van der Waals surface area contributed by atoms with Gasteiger partial charge in [0, 0.05) is 18.6 Å². The molecule has 0 saturated heterocycles. The molecule has 1 atom stereocenters. The Morgan fingerprint density at radius 3 is 2.65 bits per heavy atom. The fourth-order valence-corrected chi connectivity index (χ4v) is 3.19. The third-order valence-electron chi connectivity index (χ3n) is 2.94. The lowest BCUT2D eigenvalue weighted by Gasteiger charge is -2.21. The van der Waals surface area contributed by atoms with Crippen LogP contribution in [0.2, 0.25) is 5.02 Å². The summed E-state index contributed by atoms with van der Waals surface area (Å²) in [4.78, 5) is 0. The lowest BCUT2D eigenvalue weighted by Crippen LogP contribution is -2.29. The fourth-order valence-electron chi connectivity index (χ4n) is 2.01. The Morgan fingerprint density at radius 1 is 1.25 bits per heavy atom. The van der Waals surface area contributed by atoms with Crippen LogP contribution in [0.15, 0.2) is 40.9 Å². The zero-order valence-electron chi connectivity index (χ0n) is 10.7. The summed E-state index contributed by atoms with van der Waals surface area (Å²) in [6.07, 6.45) is 0. The monoisotopic (exact) mass is 466 g/mol. The van der Waals surface area contributed by atoms with Crippen LogP contribution in [0.1, 0.15) is 17.2 Å². The number of hydrogen-bond donors (Lipinski definition) is 2. The van der Waals surface area contributed by atoms with E-state index >= 15 is 0 Å².